The molecule has 4 nitrogen and oxygen atoms in total. The molecule has 0 aliphatic carbocycles. The Bertz CT molecular complexity index is 1400. The second kappa shape index (κ2) is 22.6. The lowest BCUT2D eigenvalue weighted by atomic mass is 9.96. The molecule has 0 bridgehead atoms. The minimum atomic E-state index is -0.252. The van der Waals surface area contributed by atoms with Gasteiger partial charge in [0.15, 0.2) is 0 Å². The summed E-state index contributed by atoms with van der Waals surface area (Å²) in [5.74, 6) is 0.294. The van der Waals surface area contributed by atoms with Crippen LogP contribution in [0.2, 0.25) is 0 Å². The smallest absolute Gasteiger partial charge is 0.339 e. The van der Waals surface area contributed by atoms with Crippen LogP contribution >= 0.6 is 45.3 Å². The summed E-state index contributed by atoms with van der Waals surface area (Å²) >= 11 is 6.49. The third-order valence-corrected chi connectivity index (χ3v) is 14.0. The molecule has 4 aromatic heterocycles. The predicted molar refractivity (Wildman–Crippen MR) is 218 cm³/mol. The fourth-order valence-electron chi connectivity index (χ4n) is 6.38. The van der Waals surface area contributed by atoms with Crippen LogP contribution in [-0.2, 0) is 9.47 Å². The van der Waals surface area contributed by atoms with Gasteiger partial charge in [-0.1, -0.05) is 117 Å². The topological polar surface area (TPSA) is 52.6 Å². The van der Waals surface area contributed by atoms with Gasteiger partial charge in [-0.3, -0.25) is 0 Å². The van der Waals surface area contributed by atoms with E-state index < -0.39 is 0 Å². The number of carbonyl (C=O) groups excluding carboxylic acids is 2. The van der Waals surface area contributed by atoms with Crippen LogP contribution in [0.15, 0.2) is 47.2 Å². The van der Waals surface area contributed by atoms with E-state index in [1.165, 1.54) is 51.4 Å². The quantitative estimate of drug-likeness (QED) is 0.0499. The Labute approximate surface area is 317 Å². The van der Waals surface area contributed by atoms with Crippen LogP contribution in [-0.4, -0.2) is 25.2 Å². The summed E-state index contributed by atoms with van der Waals surface area (Å²) < 4.78 is 12.2. The van der Waals surface area contributed by atoms with E-state index in [0.29, 0.717) is 36.2 Å². The molecule has 8 heteroatoms. The zero-order valence-electron chi connectivity index (χ0n) is 30.8. The van der Waals surface area contributed by atoms with Gasteiger partial charge in [0, 0.05) is 19.5 Å². The third kappa shape index (κ3) is 12.5. The molecule has 50 heavy (non-hydrogen) atoms. The van der Waals surface area contributed by atoms with E-state index in [-0.39, 0.29) is 11.9 Å². The first-order valence-corrected chi connectivity index (χ1v) is 22.6. The van der Waals surface area contributed by atoms with Crippen LogP contribution in [0.5, 0.6) is 0 Å². The molecule has 0 aliphatic rings. The summed E-state index contributed by atoms with van der Waals surface area (Å²) in [6.07, 6.45) is 18.9. The van der Waals surface area contributed by atoms with Gasteiger partial charge in [-0.15, -0.1) is 45.3 Å². The SMILES string of the molecule is CCCCCCC(CCCC)COC(=O)c1cc(-c2cc(C(=O)OCC(CCCC)CCCCCC)c(-c3cccs3)s2)sc1-c1cccs1. The molecule has 0 aromatic carbocycles. The number of esters is 2. The van der Waals surface area contributed by atoms with E-state index in [4.69, 9.17) is 9.47 Å². The number of ether oxygens (including phenoxy) is 2. The second-order valence-electron chi connectivity index (χ2n) is 13.6. The van der Waals surface area contributed by atoms with Gasteiger partial charge in [0.2, 0.25) is 0 Å². The maximum absolute atomic E-state index is 13.8. The highest BCUT2D eigenvalue weighted by Gasteiger charge is 2.26. The summed E-state index contributed by atoms with van der Waals surface area (Å²) in [5.41, 5.74) is 1.23. The minimum Gasteiger partial charge on any atom is -0.462 e. The van der Waals surface area contributed by atoms with Gasteiger partial charge in [0.1, 0.15) is 0 Å². The molecule has 4 heterocycles. The molecule has 0 spiro atoms. The monoisotopic (exact) mass is 754 g/mol. The predicted octanol–water partition coefficient (Wildman–Crippen LogP) is 14.8. The van der Waals surface area contributed by atoms with Crippen molar-refractivity contribution in [1.29, 1.82) is 0 Å². The zero-order chi connectivity index (χ0) is 35.6. The zero-order valence-corrected chi connectivity index (χ0v) is 34.0. The average Bonchev–Trinajstić information content (AvgIpc) is 3.96. The third-order valence-electron chi connectivity index (χ3n) is 9.40. The second-order valence-corrected chi connectivity index (χ2v) is 17.6. The molecule has 274 valence electrons. The maximum atomic E-state index is 13.8. The number of thiophene rings is 4. The number of hydrogen-bond donors (Lipinski definition) is 0. The van der Waals surface area contributed by atoms with Gasteiger partial charge in [-0.25, -0.2) is 9.59 Å². The minimum absolute atomic E-state index is 0.252. The van der Waals surface area contributed by atoms with Gasteiger partial charge < -0.3 is 9.47 Å². The summed E-state index contributed by atoms with van der Waals surface area (Å²) in [6.45, 7) is 9.86. The molecule has 0 amide bonds. The molecule has 0 saturated heterocycles. The Morgan fingerprint density at radius 1 is 0.540 bits per heavy atom. The standard InChI is InChI=1S/C42H58O4S4/c1-5-9-13-15-21-31(19-11-7-3)29-45-41(43)33-27-37(49-39(33)35-23-17-25-47-35)38-28-34(40(50-38)36-24-18-26-48-36)42(44)46-30-32(20-12-8-4)22-16-14-10-6-2/h17-18,23-28,31-32H,5-16,19-22,29-30H2,1-4H3. The van der Waals surface area contributed by atoms with E-state index >= 15 is 0 Å². The normalized spacial score (nSPS) is 12.6. The number of unbranched alkanes of at least 4 members (excludes halogenated alkanes) is 8. The Kier molecular flexibility index (Phi) is 18.3. The summed E-state index contributed by atoms with van der Waals surface area (Å²) in [7, 11) is 0. The fourth-order valence-corrected chi connectivity index (χ4v) is 10.5. The van der Waals surface area contributed by atoms with E-state index in [1.807, 2.05) is 35.0 Å². The van der Waals surface area contributed by atoms with Crippen LogP contribution in [0.3, 0.4) is 0 Å². The molecule has 0 radical (unpaired) electrons. The fraction of sp³-hybridized carbons (Fsp3) is 0.571. The Morgan fingerprint density at radius 2 is 0.940 bits per heavy atom. The molecule has 2 atom stereocenters. The highest BCUT2D eigenvalue weighted by molar-refractivity contribution is 7.28. The summed E-state index contributed by atoms with van der Waals surface area (Å²) in [4.78, 5) is 33.5. The average molecular weight is 755 g/mol. The van der Waals surface area contributed by atoms with Crippen molar-refractivity contribution in [2.24, 2.45) is 11.8 Å². The number of hydrogen-bond acceptors (Lipinski definition) is 8. The molecule has 0 N–H and O–H groups in total. The molecule has 0 aliphatic heterocycles. The molecule has 2 unspecified atom stereocenters. The van der Waals surface area contributed by atoms with Crippen molar-refractivity contribution in [3.05, 3.63) is 58.3 Å². The molecule has 0 fully saturated rings. The van der Waals surface area contributed by atoms with Crippen LogP contribution in [0.1, 0.15) is 151 Å². The van der Waals surface area contributed by atoms with E-state index in [9.17, 15) is 9.59 Å². The molecular formula is C42H58O4S4. The van der Waals surface area contributed by atoms with E-state index in [1.54, 1.807) is 45.3 Å². The summed E-state index contributed by atoms with van der Waals surface area (Å²) in [6, 6.07) is 12.2. The van der Waals surface area contributed by atoms with Gasteiger partial charge in [0.25, 0.3) is 0 Å². The largest absolute Gasteiger partial charge is 0.462 e. The number of carbonyl (C=O) groups is 2. The van der Waals surface area contributed by atoms with Crippen molar-refractivity contribution >= 4 is 57.3 Å². The lowest BCUT2D eigenvalue weighted by Gasteiger charge is -2.17. The molecule has 4 aromatic rings. The van der Waals surface area contributed by atoms with E-state index in [2.05, 4.69) is 39.8 Å². The molecule has 0 saturated carbocycles. The van der Waals surface area contributed by atoms with E-state index in [0.717, 1.165) is 80.6 Å². The first-order valence-electron chi connectivity index (χ1n) is 19.2. The van der Waals surface area contributed by atoms with Crippen molar-refractivity contribution in [3.63, 3.8) is 0 Å². The molecular weight excluding hydrogens is 697 g/mol. The first-order chi connectivity index (χ1) is 24.5. The van der Waals surface area contributed by atoms with Crippen molar-refractivity contribution in [2.45, 2.75) is 130 Å². The van der Waals surface area contributed by atoms with Crippen LogP contribution in [0, 0.1) is 11.8 Å². The first kappa shape index (κ1) is 40.5. The van der Waals surface area contributed by atoms with Crippen molar-refractivity contribution < 1.29 is 19.1 Å². The van der Waals surface area contributed by atoms with Gasteiger partial charge in [-0.2, -0.15) is 0 Å². The van der Waals surface area contributed by atoms with Crippen LogP contribution in [0.4, 0.5) is 0 Å². The highest BCUT2D eigenvalue weighted by Crippen LogP contribution is 2.46. The van der Waals surface area contributed by atoms with Gasteiger partial charge >= 0.3 is 11.9 Å². The maximum Gasteiger partial charge on any atom is 0.339 e. The van der Waals surface area contributed by atoms with Crippen molar-refractivity contribution in [1.82, 2.24) is 0 Å². The lowest BCUT2D eigenvalue weighted by molar-refractivity contribution is 0.0415. The van der Waals surface area contributed by atoms with Crippen molar-refractivity contribution in [3.8, 4) is 29.3 Å². The lowest BCUT2D eigenvalue weighted by Crippen LogP contribution is -2.15. The van der Waals surface area contributed by atoms with Gasteiger partial charge in [0.05, 0.1) is 34.1 Å². The van der Waals surface area contributed by atoms with Crippen LogP contribution in [0.25, 0.3) is 29.3 Å². The number of rotatable bonds is 25. The highest BCUT2D eigenvalue weighted by atomic mass is 32.1. The Morgan fingerprint density at radius 3 is 1.30 bits per heavy atom. The van der Waals surface area contributed by atoms with Crippen molar-refractivity contribution in [2.75, 3.05) is 13.2 Å². The van der Waals surface area contributed by atoms with Crippen LogP contribution < -0.4 is 0 Å². The Balaban J connectivity index is 1.56. The van der Waals surface area contributed by atoms with Gasteiger partial charge in [-0.05, 0) is 72.5 Å². The Hall–Kier alpha value is -2.26. The molecule has 4 rings (SSSR count). The summed E-state index contributed by atoms with van der Waals surface area (Å²) in [5, 5.41) is 4.10.